The highest BCUT2D eigenvalue weighted by atomic mass is 32.1. The van der Waals surface area contributed by atoms with Crippen LogP contribution >= 0.6 is 11.3 Å². The summed E-state index contributed by atoms with van der Waals surface area (Å²) in [5.41, 5.74) is 0. The van der Waals surface area contributed by atoms with Crippen molar-refractivity contribution in [1.29, 1.82) is 0 Å². The molecule has 1 aliphatic rings. The van der Waals surface area contributed by atoms with Crippen molar-refractivity contribution < 1.29 is 4.79 Å². The van der Waals surface area contributed by atoms with Gasteiger partial charge in [-0.1, -0.05) is 6.07 Å². The van der Waals surface area contributed by atoms with Crippen LogP contribution in [0.4, 0.5) is 0 Å². The number of likely N-dealkylation sites (tertiary alicyclic amines) is 1. The summed E-state index contributed by atoms with van der Waals surface area (Å²) in [5, 5.41) is 2.08. The van der Waals surface area contributed by atoms with E-state index in [1.54, 1.807) is 11.3 Å². The molecule has 0 bridgehead atoms. The number of hydrogen-bond donors (Lipinski definition) is 0. The number of amides is 1. The number of carbonyl (C=O) groups excluding carboxylic acids is 1. The molecule has 1 aromatic heterocycles. The second-order valence-electron chi connectivity index (χ2n) is 5.01. The van der Waals surface area contributed by atoms with Gasteiger partial charge in [0.15, 0.2) is 0 Å². The molecule has 2 rings (SSSR count). The van der Waals surface area contributed by atoms with Crippen molar-refractivity contribution in [2.75, 3.05) is 0 Å². The maximum Gasteiger partial charge on any atom is 0.223 e. The molecule has 0 saturated carbocycles. The minimum atomic E-state index is 0.332. The quantitative estimate of drug-likeness (QED) is 0.805. The second kappa shape index (κ2) is 5.67. The van der Waals surface area contributed by atoms with Crippen molar-refractivity contribution >= 4 is 17.2 Å². The Labute approximate surface area is 108 Å². The predicted octanol–water partition coefficient (Wildman–Crippen LogP) is 3.47. The summed E-state index contributed by atoms with van der Waals surface area (Å²) in [4.78, 5) is 15.7. The molecule has 2 unspecified atom stereocenters. The summed E-state index contributed by atoms with van der Waals surface area (Å²) in [6.45, 7) is 4.36. The Kier molecular flexibility index (Phi) is 4.21. The summed E-state index contributed by atoms with van der Waals surface area (Å²) in [6.07, 6.45) is 5.14. The SMILES string of the molecule is CC1CCCC(C)N1C(=O)CCc1cccs1. The van der Waals surface area contributed by atoms with E-state index < -0.39 is 0 Å². The highest BCUT2D eigenvalue weighted by Gasteiger charge is 2.28. The Morgan fingerprint density at radius 3 is 2.71 bits per heavy atom. The largest absolute Gasteiger partial charge is 0.337 e. The zero-order chi connectivity index (χ0) is 12.3. The van der Waals surface area contributed by atoms with Crippen LogP contribution in [0.15, 0.2) is 17.5 Å². The second-order valence-corrected chi connectivity index (χ2v) is 6.04. The van der Waals surface area contributed by atoms with Gasteiger partial charge in [0.05, 0.1) is 0 Å². The summed E-state index contributed by atoms with van der Waals surface area (Å²) < 4.78 is 0. The van der Waals surface area contributed by atoms with Gasteiger partial charge in [0.25, 0.3) is 0 Å². The Morgan fingerprint density at radius 1 is 1.41 bits per heavy atom. The van der Waals surface area contributed by atoms with Gasteiger partial charge in [0.1, 0.15) is 0 Å². The molecule has 0 aromatic carbocycles. The number of carbonyl (C=O) groups is 1. The highest BCUT2D eigenvalue weighted by molar-refractivity contribution is 7.09. The standard InChI is InChI=1S/C14H21NOS/c1-11-5-3-6-12(2)15(11)14(16)9-8-13-7-4-10-17-13/h4,7,10-12H,3,5-6,8-9H2,1-2H3. The van der Waals surface area contributed by atoms with Crippen molar-refractivity contribution in [2.24, 2.45) is 0 Å². The summed E-state index contributed by atoms with van der Waals surface area (Å²) in [6, 6.07) is 5.02. The lowest BCUT2D eigenvalue weighted by Crippen LogP contribution is -2.47. The van der Waals surface area contributed by atoms with Crippen molar-refractivity contribution in [3.8, 4) is 0 Å². The van der Waals surface area contributed by atoms with Crippen LogP contribution in [0.3, 0.4) is 0 Å². The lowest BCUT2D eigenvalue weighted by atomic mass is 9.97. The lowest BCUT2D eigenvalue weighted by molar-refractivity contribution is -0.137. The third kappa shape index (κ3) is 3.09. The van der Waals surface area contributed by atoms with Gasteiger partial charge in [-0.05, 0) is 51.0 Å². The molecular weight excluding hydrogens is 230 g/mol. The van der Waals surface area contributed by atoms with E-state index in [9.17, 15) is 4.79 Å². The molecular formula is C14H21NOS. The lowest BCUT2D eigenvalue weighted by Gasteiger charge is -2.39. The van der Waals surface area contributed by atoms with Crippen LogP contribution in [-0.4, -0.2) is 22.9 Å². The van der Waals surface area contributed by atoms with Crippen molar-refractivity contribution in [3.63, 3.8) is 0 Å². The zero-order valence-corrected chi connectivity index (χ0v) is 11.5. The number of aryl methyl sites for hydroxylation is 1. The van der Waals surface area contributed by atoms with Gasteiger partial charge in [-0.2, -0.15) is 0 Å². The van der Waals surface area contributed by atoms with Gasteiger partial charge >= 0.3 is 0 Å². The molecule has 2 heterocycles. The maximum atomic E-state index is 12.2. The summed E-state index contributed by atoms with van der Waals surface area (Å²) in [7, 11) is 0. The third-order valence-corrected chi connectivity index (χ3v) is 4.58. The molecule has 17 heavy (non-hydrogen) atoms. The number of rotatable bonds is 3. The Hall–Kier alpha value is -0.830. The zero-order valence-electron chi connectivity index (χ0n) is 10.7. The monoisotopic (exact) mass is 251 g/mol. The molecule has 94 valence electrons. The van der Waals surface area contributed by atoms with Crippen LogP contribution < -0.4 is 0 Å². The summed E-state index contributed by atoms with van der Waals surface area (Å²) in [5.74, 6) is 0.332. The molecule has 2 atom stereocenters. The molecule has 1 fully saturated rings. The molecule has 1 amide bonds. The van der Waals surface area contributed by atoms with Gasteiger partial charge in [-0.15, -0.1) is 11.3 Å². The van der Waals surface area contributed by atoms with Gasteiger partial charge < -0.3 is 4.90 Å². The molecule has 2 nitrogen and oxygen atoms in total. The van der Waals surface area contributed by atoms with E-state index in [1.807, 2.05) is 0 Å². The molecule has 0 radical (unpaired) electrons. The van der Waals surface area contributed by atoms with Crippen molar-refractivity contribution in [3.05, 3.63) is 22.4 Å². The average molecular weight is 251 g/mol. The fourth-order valence-corrected chi connectivity index (χ4v) is 3.44. The molecule has 0 spiro atoms. The average Bonchev–Trinajstić information content (AvgIpc) is 2.79. The maximum absolute atomic E-state index is 12.2. The number of nitrogens with zero attached hydrogens (tertiary/aromatic N) is 1. The number of hydrogen-bond acceptors (Lipinski definition) is 2. The van der Waals surface area contributed by atoms with E-state index in [1.165, 1.54) is 11.3 Å². The molecule has 1 saturated heterocycles. The van der Waals surface area contributed by atoms with Crippen LogP contribution in [0.25, 0.3) is 0 Å². The van der Waals surface area contributed by atoms with E-state index in [0.29, 0.717) is 24.4 Å². The first kappa shape index (κ1) is 12.6. The fourth-order valence-electron chi connectivity index (χ4n) is 2.73. The van der Waals surface area contributed by atoms with Gasteiger partial charge in [-0.25, -0.2) is 0 Å². The van der Waals surface area contributed by atoms with Crippen molar-refractivity contribution in [1.82, 2.24) is 4.90 Å². The van der Waals surface area contributed by atoms with Crippen LogP contribution in [0, 0.1) is 0 Å². The fraction of sp³-hybridized carbons (Fsp3) is 0.643. The van der Waals surface area contributed by atoms with Crippen molar-refractivity contribution in [2.45, 2.75) is 58.0 Å². The highest BCUT2D eigenvalue weighted by Crippen LogP contribution is 2.24. The molecule has 0 aliphatic carbocycles. The van der Waals surface area contributed by atoms with Gasteiger partial charge in [0.2, 0.25) is 5.91 Å². The van der Waals surface area contributed by atoms with Gasteiger partial charge in [0, 0.05) is 23.4 Å². The third-order valence-electron chi connectivity index (χ3n) is 3.65. The van der Waals surface area contributed by atoms with Crippen LogP contribution in [0.1, 0.15) is 44.4 Å². The van der Waals surface area contributed by atoms with E-state index in [0.717, 1.165) is 19.3 Å². The predicted molar refractivity (Wildman–Crippen MR) is 72.3 cm³/mol. The molecule has 3 heteroatoms. The van der Waals surface area contributed by atoms with E-state index >= 15 is 0 Å². The Morgan fingerprint density at radius 2 is 2.12 bits per heavy atom. The van der Waals surface area contributed by atoms with Gasteiger partial charge in [-0.3, -0.25) is 4.79 Å². The minimum Gasteiger partial charge on any atom is -0.337 e. The van der Waals surface area contributed by atoms with Crippen LogP contribution in [0.5, 0.6) is 0 Å². The first-order valence-corrected chi connectivity index (χ1v) is 7.40. The van der Waals surface area contributed by atoms with E-state index in [-0.39, 0.29) is 0 Å². The molecule has 0 N–H and O–H groups in total. The molecule has 1 aromatic rings. The van der Waals surface area contributed by atoms with E-state index in [4.69, 9.17) is 0 Å². The smallest absolute Gasteiger partial charge is 0.223 e. The van der Waals surface area contributed by atoms with E-state index in [2.05, 4.69) is 36.3 Å². The topological polar surface area (TPSA) is 20.3 Å². The number of thiophene rings is 1. The van der Waals surface area contributed by atoms with Crippen LogP contribution in [0.2, 0.25) is 0 Å². The Bertz CT molecular complexity index is 350. The number of piperidine rings is 1. The molecule has 1 aliphatic heterocycles. The first-order valence-electron chi connectivity index (χ1n) is 6.52. The minimum absolute atomic E-state index is 0.332. The first-order chi connectivity index (χ1) is 8.18. The Balaban J connectivity index is 1.90. The normalized spacial score (nSPS) is 24.9. The summed E-state index contributed by atoms with van der Waals surface area (Å²) >= 11 is 1.74. The van der Waals surface area contributed by atoms with Crippen LogP contribution in [-0.2, 0) is 11.2 Å².